The number of amides is 1. The zero-order chi connectivity index (χ0) is 11.0. The van der Waals surface area contributed by atoms with Gasteiger partial charge in [0.25, 0.3) is 0 Å². The molecule has 0 saturated carbocycles. The van der Waals surface area contributed by atoms with Gasteiger partial charge in [0.1, 0.15) is 5.82 Å². The van der Waals surface area contributed by atoms with Gasteiger partial charge in [0, 0.05) is 24.1 Å². The lowest BCUT2D eigenvalue weighted by atomic mass is 10.2. The fourth-order valence-corrected chi connectivity index (χ4v) is 2.98. The Bertz CT molecular complexity index is 424. The molecule has 0 fully saturated rings. The van der Waals surface area contributed by atoms with E-state index in [-0.39, 0.29) is 11.7 Å². The highest BCUT2D eigenvalue weighted by Gasteiger charge is 2.20. The molecule has 0 saturated heterocycles. The number of rotatable bonds is 0. The summed E-state index contributed by atoms with van der Waals surface area (Å²) in [5, 5.41) is 0. The fraction of sp³-hybridized carbons (Fsp3) is 0.300. The van der Waals surface area contributed by atoms with Gasteiger partial charge in [0.15, 0.2) is 0 Å². The largest absolute Gasteiger partial charge is 0.314 e. The van der Waals surface area contributed by atoms with Crippen LogP contribution in [0.25, 0.3) is 0 Å². The lowest BCUT2D eigenvalue weighted by molar-refractivity contribution is -0.117. The minimum atomic E-state index is -0.337. The number of hydrogen-bond acceptors (Lipinski definition) is 2. The number of halogens is 2. The highest BCUT2D eigenvalue weighted by Crippen LogP contribution is 2.36. The molecule has 1 aromatic carbocycles. The minimum absolute atomic E-state index is 0.0305. The average Bonchev–Trinajstić information content (AvgIpc) is 2.32. The molecule has 15 heavy (non-hydrogen) atoms. The summed E-state index contributed by atoms with van der Waals surface area (Å²) in [4.78, 5) is 14.0. The Hall–Kier alpha value is -0.550. The van der Waals surface area contributed by atoms with Crippen LogP contribution in [0, 0.1) is 5.82 Å². The molecule has 0 bridgehead atoms. The standard InChI is InChI=1S/C10H9BrFNOS/c1-13-8-5-7(12)6(11)4-9(8)15-3-2-10(13)14/h4-5H,2-3H2,1H3. The molecule has 0 aliphatic carbocycles. The van der Waals surface area contributed by atoms with E-state index in [2.05, 4.69) is 15.9 Å². The lowest BCUT2D eigenvalue weighted by Gasteiger charge is -2.17. The van der Waals surface area contributed by atoms with Crippen molar-refractivity contribution < 1.29 is 9.18 Å². The van der Waals surface area contributed by atoms with Gasteiger partial charge in [-0.15, -0.1) is 11.8 Å². The second kappa shape index (κ2) is 4.14. The van der Waals surface area contributed by atoms with Crippen molar-refractivity contribution in [3.05, 3.63) is 22.4 Å². The van der Waals surface area contributed by atoms with Crippen LogP contribution in [0.15, 0.2) is 21.5 Å². The molecule has 1 aliphatic heterocycles. The Labute approximate surface area is 100.0 Å². The highest BCUT2D eigenvalue weighted by molar-refractivity contribution is 9.10. The van der Waals surface area contributed by atoms with Crippen molar-refractivity contribution >= 4 is 39.3 Å². The van der Waals surface area contributed by atoms with Crippen LogP contribution >= 0.6 is 27.7 Å². The molecular formula is C10H9BrFNOS. The van der Waals surface area contributed by atoms with E-state index in [1.54, 1.807) is 24.9 Å². The van der Waals surface area contributed by atoms with Gasteiger partial charge < -0.3 is 4.90 Å². The third-order valence-electron chi connectivity index (χ3n) is 2.31. The van der Waals surface area contributed by atoms with Crippen LogP contribution in [-0.4, -0.2) is 18.7 Å². The molecule has 5 heteroatoms. The highest BCUT2D eigenvalue weighted by atomic mass is 79.9. The molecule has 1 amide bonds. The molecule has 0 spiro atoms. The predicted molar refractivity (Wildman–Crippen MR) is 62.9 cm³/mol. The van der Waals surface area contributed by atoms with Crippen molar-refractivity contribution in [1.82, 2.24) is 0 Å². The predicted octanol–water partition coefficient (Wildman–Crippen LogP) is 3.05. The monoisotopic (exact) mass is 289 g/mol. The van der Waals surface area contributed by atoms with Crippen LogP contribution in [0.3, 0.4) is 0 Å². The number of anilines is 1. The van der Waals surface area contributed by atoms with Crippen molar-refractivity contribution in [2.24, 2.45) is 0 Å². The van der Waals surface area contributed by atoms with Gasteiger partial charge in [-0.3, -0.25) is 4.79 Å². The number of fused-ring (bicyclic) bond motifs is 1. The van der Waals surface area contributed by atoms with Crippen LogP contribution in [0.2, 0.25) is 0 Å². The topological polar surface area (TPSA) is 20.3 Å². The maximum atomic E-state index is 13.3. The van der Waals surface area contributed by atoms with Crippen molar-refractivity contribution in [2.45, 2.75) is 11.3 Å². The normalized spacial score (nSPS) is 16.2. The number of benzene rings is 1. The van der Waals surface area contributed by atoms with Gasteiger partial charge in [-0.1, -0.05) is 0 Å². The first-order chi connectivity index (χ1) is 7.09. The van der Waals surface area contributed by atoms with Crippen molar-refractivity contribution in [3.63, 3.8) is 0 Å². The molecule has 80 valence electrons. The number of nitrogens with zero attached hydrogens (tertiary/aromatic N) is 1. The summed E-state index contributed by atoms with van der Waals surface area (Å²) in [6, 6.07) is 3.13. The van der Waals surface area contributed by atoms with Gasteiger partial charge in [0.2, 0.25) is 5.91 Å². The van der Waals surface area contributed by atoms with Crippen LogP contribution in [-0.2, 0) is 4.79 Å². The van der Waals surface area contributed by atoms with Crippen LogP contribution < -0.4 is 4.90 Å². The van der Waals surface area contributed by atoms with Gasteiger partial charge in [-0.2, -0.15) is 0 Å². The molecule has 0 radical (unpaired) electrons. The first-order valence-corrected chi connectivity index (χ1v) is 6.26. The summed E-state index contributed by atoms with van der Waals surface area (Å²) in [6.07, 6.45) is 0.495. The van der Waals surface area contributed by atoms with E-state index in [9.17, 15) is 9.18 Å². The lowest BCUT2D eigenvalue weighted by Crippen LogP contribution is -2.25. The Kier molecular flexibility index (Phi) is 3.02. The summed E-state index contributed by atoms with van der Waals surface area (Å²) >= 11 is 4.72. The average molecular weight is 290 g/mol. The molecule has 2 nitrogen and oxygen atoms in total. The van der Waals surface area contributed by atoms with E-state index >= 15 is 0 Å². The first kappa shape index (κ1) is 11.0. The molecule has 1 aromatic rings. The number of carbonyl (C=O) groups excluding carboxylic acids is 1. The van der Waals surface area contributed by atoms with E-state index in [1.165, 1.54) is 11.0 Å². The minimum Gasteiger partial charge on any atom is -0.314 e. The second-order valence-electron chi connectivity index (χ2n) is 3.29. The summed E-state index contributed by atoms with van der Waals surface area (Å²) in [7, 11) is 1.68. The second-order valence-corrected chi connectivity index (χ2v) is 5.28. The van der Waals surface area contributed by atoms with Gasteiger partial charge in [0.05, 0.1) is 10.2 Å². The van der Waals surface area contributed by atoms with E-state index < -0.39 is 0 Å². The van der Waals surface area contributed by atoms with Crippen LogP contribution in [0.1, 0.15) is 6.42 Å². The Morgan fingerprint density at radius 1 is 1.53 bits per heavy atom. The molecule has 1 aliphatic rings. The van der Waals surface area contributed by atoms with Crippen molar-refractivity contribution in [2.75, 3.05) is 17.7 Å². The number of hydrogen-bond donors (Lipinski definition) is 0. The van der Waals surface area contributed by atoms with Crippen molar-refractivity contribution in [3.8, 4) is 0 Å². The summed E-state index contributed by atoms with van der Waals surface area (Å²) in [6.45, 7) is 0. The van der Waals surface area contributed by atoms with E-state index in [0.29, 0.717) is 16.6 Å². The zero-order valence-corrected chi connectivity index (χ0v) is 10.5. The molecule has 0 N–H and O–H groups in total. The van der Waals surface area contributed by atoms with E-state index in [4.69, 9.17) is 0 Å². The fourth-order valence-electron chi connectivity index (χ4n) is 1.45. The Morgan fingerprint density at radius 2 is 2.27 bits per heavy atom. The third kappa shape index (κ3) is 2.03. The summed E-state index contributed by atoms with van der Waals surface area (Å²) in [5.41, 5.74) is 0.656. The molecule has 1 heterocycles. The van der Waals surface area contributed by atoms with E-state index in [0.717, 1.165) is 10.6 Å². The number of thioether (sulfide) groups is 1. The molecule has 2 rings (SSSR count). The molecular weight excluding hydrogens is 281 g/mol. The third-order valence-corrected chi connectivity index (χ3v) is 3.96. The smallest absolute Gasteiger partial charge is 0.227 e. The summed E-state index contributed by atoms with van der Waals surface area (Å²) in [5.74, 6) is 0.438. The zero-order valence-electron chi connectivity index (χ0n) is 8.09. The first-order valence-electron chi connectivity index (χ1n) is 4.48. The number of carbonyl (C=O) groups is 1. The van der Waals surface area contributed by atoms with Crippen molar-refractivity contribution in [1.29, 1.82) is 0 Å². The maximum absolute atomic E-state index is 13.3. The SMILES string of the molecule is CN1C(=O)CCSc2cc(Br)c(F)cc21. The maximum Gasteiger partial charge on any atom is 0.227 e. The summed E-state index contributed by atoms with van der Waals surface area (Å²) < 4.78 is 13.8. The Morgan fingerprint density at radius 3 is 3.00 bits per heavy atom. The van der Waals surface area contributed by atoms with Gasteiger partial charge in [-0.25, -0.2) is 4.39 Å². The quantitative estimate of drug-likeness (QED) is 0.732. The Balaban J connectivity index is 2.54. The van der Waals surface area contributed by atoms with Crippen LogP contribution in [0.4, 0.5) is 10.1 Å². The van der Waals surface area contributed by atoms with Crippen LogP contribution in [0.5, 0.6) is 0 Å². The van der Waals surface area contributed by atoms with Gasteiger partial charge in [-0.05, 0) is 28.1 Å². The molecule has 0 atom stereocenters. The van der Waals surface area contributed by atoms with E-state index in [1.807, 2.05) is 0 Å². The molecule has 0 unspecified atom stereocenters. The molecule has 0 aromatic heterocycles. The van der Waals surface area contributed by atoms with Gasteiger partial charge >= 0.3 is 0 Å².